The number of hydrogen-bond acceptors (Lipinski definition) is 5. The minimum Gasteiger partial charge on any atom is -0.382 e. The fourth-order valence-electron chi connectivity index (χ4n) is 2.29. The van der Waals surface area contributed by atoms with Crippen LogP contribution in [0.1, 0.15) is 23.2 Å². The molecule has 0 aliphatic carbocycles. The van der Waals surface area contributed by atoms with Crippen LogP contribution in [0.3, 0.4) is 0 Å². The number of para-hydroxylation sites is 1. The molecule has 1 aromatic rings. The molecule has 8 nitrogen and oxygen atoms in total. The van der Waals surface area contributed by atoms with E-state index in [2.05, 4.69) is 16.0 Å². The molecule has 2 amide bonds. The van der Waals surface area contributed by atoms with Gasteiger partial charge in [0.05, 0.1) is 10.5 Å². The van der Waals surface area contributed by atoms with Gasteiger partial charge in [-0.3, -0.25) is 19.7 Å². The smallest absolute Gasteiger partial charge is 0.293 e. The number of benzene rings is 1. The third kappa shape index (κ3) is 3.28. The molecule has 1 atom stereocenters. The molecule has 112 valence electrons. The van der Waals surface area contributed by atoms with Crippen LogP contribution in [0.25, 0.3) is 0 Å². The predicted octanol–water partition coefficient (Wildman–Crippen LogP) is 0.645. The van der Waals surface area contributed by atoms with Gasteiger partial charge in [-0.25, -0.2) is 0 Å². The van der Waals surface area contributed by atoms with Gasteiger partial charge in [0.2, 0.25) is 5.91 Å². The van der Waals surface area contributed by atoms with Gasteiger partial charge in [-0.05, 0) is 12.5 Å². The van der Waals surface area contributed by atoms with E-state index in [1.807, 2.05) is 0 Å². The van der Waals surface area contributed by atoms with Crippen LogP contribution >= 0.6 is 0 Å². The molecule has 1 aromatic carbocycles. The molecule has 8 heteroatoms. The van der Waals surface area contributed by atoms with Crippen LogP contribution < -0.4 is 16.0 Å². The van der Waals surface area contributed by atoms with Crippen molar-refractivity contribution in [1.29, 1.82) is 0 Å². The highest BCUT2D eigenvalue weighted by molar-refractivity contribution is 6.01. The third-order valence-electron chi connectivity index (χ3n) is 3.33. The van der Waals surface area contributed by atoms with Crippen molar-refractivity contribution in [1.82, 2.24) is 10.6 Å². The van der Waals surface area contributed by atoms with Gasteiger partial charge in [-0.2, -0.15) is 0 Å². The van der Waals surface area contributed by atoms with Crippen LogP contribution in [0.2, 0.25) is 0 Å². The lowest BCUT2D eigenvalue weighted by Gasteiger charge is -2.13. The second-order valence-electron chi connectivity index (χ2n) is 4.72. The summed E-state index contributed by atoms with van der Waals surface area (Å²) in [5.41, 5.74) is 0.228. The molecule has 1 heterocycles. The molecular formula is C13H16N4O4. The van der Waals surface area contributed by atoms with Gasteiger partial charge in [0.15, 0.2) is 0 Å². The van der Waals surface area contributed by atoms with E-state index in [1.54, 1.807) is 0 Å². The van der Waals surface area contributed by atoms with Crippen molar-refractivity contribution in [2.45, 2.75) is 18.9 Å². The highest BCUT2D eigenvalue weighted by atomic mass is 16.6. The third-order valence-corrected chi connectivity index (χ3v) is 3.33. The maximum atomic E-state index is 12.2. The first-order valence-corrected chi connectivity index (χ1v) is 6.55. The summed E-state index contributed by atoms with van der Waals surface area (Å²) in [6.45, 7) is 0.302. The topological polar surface area (TPSA) is 113 Å². The Morgan fingerprint density at radius 1 is 1.52 bits per heavy atom. The molecule has 1 aliphatic rings. The normalized spacial score (nSPS) is 17.2. The number of carbonyl (C=O) groups excluding carboxylic acids is 2. The first-order valence-electron chi connectivity index (χ1n) is 6.55. The van der Waals surface area contributed by atoms with Gasteiger partial charge in [-0.15, -0.1) is 0 Å². The minimum absolute atomic E-state index is 0.0273. The lowest BCUT2D eigenvalue weighted by Crippen LogP contribution is -2.38. The van der Waals surface area contributed by atoms with Crippen molar-refractivity contribution < 1.29 is 14.5 Å². The summed E-state index contributed by atoms with van der Waals surface area (Å²) >= 11 is 0. The molecule has 2 rings (SSSR count). The minimum atomic E-state index is -0.542. The van der Waals surface area contributed by atoms with Crippen LogP contribution in [0, 0.1) is 10.1 Å². The Kier molecular flexibility index (Phi) is 4.36. The number of anilines is 1. The average Bonchev–Trinajstić information content (AvgIpc) is 2.89. The number of rotatable bonds is 5. The van der Waals surface area contributed by atoms with Crippen LogP contribution in [0.15, 0.2) is 18.2 Å². The Labute approximate surface area is 121 Å². The Bertz CT molecular complexity index is 588. The fourth-order valence-corrected chi connectivity index (χ4v) is 2.29. The molecule has 0 aromatic heterocycles. The molecule has 3 N–H and O–H groups in total. The van der Waals surface area contributed by atoms with Crippen LogP contribution in [-0.2, 0) is 4.79 Å². The average molecular weight is 292 g/mol. The van der Waals surface area contributed by atoms with E-state index in [4.69, 9.17) is 0 Å². The van der Waals surface area contributed by atoms with E-state index in [0.29, 0.717) is 19.4 Å². The Morgan fingerprint density at radius 2 is 2.29 bits per heavy atom. The van der Waals surface area contributed by atoms with E-state index < -0.39 is 10.8 Å². The molecule has 0 spiro atoms. The maximum absolute atomic E-state index is 12.2. The molecule has 1 saturated heterocycles. The van der Waals surface area contributed by atoms with Crippen molar-refractivity contribution in [3.05, 3.63) is 33.9 Å². The SMILES string of the molecule is CNc1c(C(=O)NCC2CCC(=O)N2)cccc1[N+](=O)[O-]. The first kappa shape index (κ1) is 14.8. The van der Waals surface area contributed by atoms with E-state index in [0.717, 1.165) is 0 Å². The summed E-state index contributed by atoms with van der Waals surface area (Å²) < 4.78 is 0. The number of nitrogens with zero attached hydrogens (tertiary/aromatic N) is 1. The fraction of sp³-hybridized carbons (Fsp3) is 0.385. The van der Waals surface area contributed by atoms with Gasteiger partial charge in [0.1, 0.15) is 5.69 Å². The summed E-state index contributed by atoms with van der Waals surface area (Å²) in [4.78, 5) is 33.6. The zero-order chi connectivity index (χ0) is 15.4. The van der Waals surface area contributed by atoms with Crippen LogP contribution in [0.4, 0.5) is 11.4 Å². The molecule has 1 aliphatic heterocycles. The van der Waals surface area contributed by atoms with E-state index >= 15 is 0 Å². The van der Waals surface area contributed by atoms with Gasteiger partial charge in [0.25, 0.3) is 11.6 Å². The standard InChI is InChI=1S/C13H16N4O4/c1-14-12-9(3-2-4-10(12)17(20)21)13(19)15-7-8-5-6-11(18)16-8/h2-4,8,14H,5-7H2,1H3,(H,15,19)(H,16,18). The van der Waals surface area contributed by atoms with Crippen LogP contribution in [0.5, 0.6) is 0 Å². The largest absolute Gasteiger partial charge is 0.382 e. The molecule has 21 heavy (non-hydrogen) atoms. The van der Waals surface area contributed by atoms with E-state index in [9.17, 15) is 19.7 Å². The number of nitro groups is 1. The van der Waals surface area contributed by atoms with Crippen molar-refractivity contribution in [3.8, 4) is 0 Å². The second-order valence-corrected chi connectivity index (χ2v) is 4.72. The molecule has 1 unspecified atom stereocenters. The Morgan fingerprint density at radius 3 is 2.86 bits per heavy atom. The highest BCUT2D eigenvalue weighted by Gasteiger charge is 2.23. The lowest BCUT2D eigenvalue weighted by molar-refractivity contribution is -0.384. The quantitative estimate of drug-likeness (QED) is 0.544. The summed E-state index contributed by atoms with van der Waals surface area (Å²) in [5.74, 6) is -0.440. The number of amides is 2. The molecule has 1 fully saturated rings. The number of nitrogens with one attached hydrogen (secondary N) is 3. The van der Waals surface area contributed by atoms with Gasteiger partial charge < -0.3 is 16.0 Å². The van der Waals surface area contributed by atoms with Crippen molar-refractivity contribution in [3.63, 3.8) is 0 Å². The summed E-state index contributed by atoms with van der Waals surface area (Å²) in [5, 5.41) is 19.1. The summed E-state index contributed by atoms with van der Waals surface area (Å²) in [6, 6.07) is 4.23. The first-order chi connectivity index (χ1) is 10.0. The van der Waals surface area contributed by atoms with Gasteiger partial charge in [-0.1, -0.05) is 6.07 Å². The monoisotopic (exact) mass is 292 g/mol. The summed E-state index contributed by atoms with van der Waals surface area (Å²) in [6.07, 6.45) is 1.13. The second kappa shape index (κ2) is 6.21. The highest BCUT2D eigenvalue weighted by Crippen LogP contribution is 2.27. The zero-order valence-electron chi connectivity index (χ0n) is 11.5. The van der Waals surface area contributed by atoms with E-state index in [-0.39, 0.29) is 28.9 Å². The van der Waals surface area contributed by atoms with Gasteiger partial charge in [0, 0.05) is 32.1 Å². The maximum Gasteiger partial charge on any atom is 0.293 e. The Hall–Kier alpha value is -2.64. The molecular weight excluding hydrogens is 276 g/mol. The van der Waals surface area contributed by atoms with E-state index in [1.165, 1.54) is 25.2 Å². The number of carbonyl (C=O) groups is 2. The zero-order valence-corrected chi connectivity index (χ0v) is 11.5. The van der Waals surface area contributed by atoms with Crippen molar-refractivity contribution in [2.24, 2.45) is 0 Å². The summed E-state index contributed by atoms with van der Waals surface area (Å²) in [7, 11) is 1.52. The molecule has 0 bridgehead atoms. The predicted molar refractivity (Wildman–Crippen MR) is 76.1 cm³/mol. The van der Waals surface area contributed by atoms with Crippen molar-refractivity contribution >= 4 is 23.2 Å². The molecule has 0 radical (unpaired) electrons. The molecule has 0 saturated carbocycles. The number of nitro benzene ring substituents is 1. The lowest BCUT2D eigenvalue weighted by atomic mass is 10.1. The number of hydrogen-bond donors (Lipinski definition) is 3. The van der Waals surface area contributed by atoms with Gasteiger partial charge >= 0.3 is 0 Å². The van der Waals surface area contributed by atoms with Crippen LogP contribution in [-0.4, -0.2) is 36.4 Å². The Balaban J connectivity index is 2.10. The van der Waals surface area contributed by atoms with Crippen molar-refractivity contribution in [2.75, 3.05) is 18.9 Å².